The van der Waals surface area contributed by atoms with Crippen LogP contribution in [0.5, 0.6) is 0 Å². The van der Waals surface area contributed by atoms with E-state index in [1.165, 1.54) is 7.05 Å². The highest BCUT2D eigenvalue weighted by Gasteiger charge is 2.29. The third kappa shape index (κ3) is 9.47. The van der Waals surface area contributed by atoms with Crippen LogP contribution in [0.15, 0.2) is 91.0 Å². The lowest BCUT2D eigenvalue weighted by Crippen LogP contribution is -2.35. The van der Waals surface area contributed by atoms with Gasteiger partial charge >= 0.3 is 13.8 Å². The lowest BCUT2D eigenvalue weighted by atomic mass is 10.2. The highest BCUT2D eigenvalue weighted by Crippen LogP contribution is 2.50. The maximum absolute atomic E-state index is 13.2. The van der Waals surface area contributed by atoms with E-state index >= 15 is 0 Å². The summed E-state index contributed by atoms with van der Waals surface area (Å²) in [6, 6.07) is 27.4. The van der Waals surface area contributed by atoms with Crippen LogP contribution in [0.4, 0.5) is 0 Å². The van der Waals surface area contributed by atoms with Crippen LogP contribution in [-0.2, 0) is 52.3 Å². The summed E-state index contributed by atoms with van der Waals surface area (Å²) in [7, 11) is -2.67. The predicted octanol–water partition coefficient (Wildman–Crippen LogP) is 4.75. The minimum atomic E-state index is -4.09. The molecule has 3 aromatic carbocycles. The Balaban J connectivity index is 1.52. The number of hydrogen-bond donors (Lipinski definition) is 0. The van der Waals surface area contributed by atoms with Crippen molar-refractivity contribution in [3.63, 3.8) is 0 Å². The van der Waals surface area contributed by atoms with Crippen molar-refractivity contribution in [3.05, 3.63) is 108 Å². The second kappa shape index (κ2) is 13.6. The first-order valence-electron chi connectivity index (χ1n) is 11.0. The van der Waals surface area contributed by atoms with Crippen molar-refractivity contribution in [2.75, 3.05) is 20.2 Å². The Morgan fingerprint density at radius 2 is 1.11 bits per heavy atom. The van der Waals surface area contributed by atoms with E-state index in [0.29, 0.717) is 0 Å². The molecule has 0 spiro atoms. The van der Waals surface area contributed by atoms with Gasteiger partial charge in [0.25, 0.3) is 0 Å². The molecule has 8 nitrogen and oxygen atoms in total. The standard InChI is InChI=1S/C26H28NO7P/c1-27(17-26(29)31-18-22-11-5-2-6-12-22)25(28)21-34-35(30,32-19-23-13-7-3-8-14-23)33-20-24-15-9-4-10-16-24/h2-16H,17-21H2,1H3. The van der Waals surface area contributed by atoms with Gasteiger partial charge in [-0.25, -0.2) is 4.57 Å². The summed E-state index contributed by atoms with van der Waals surface area (Å²) in [6.07, 6.45) is 0. The van der Waals surface area contributed by atoms with Crippen molar-refractivity contribution < 1.29 is 32.5 Å². The lowest BCUT2D eigenvalue weighted by Gasteiger charge is -2.20. The molecular weight excluding hydrogens is 469 g/mol. The first-order valence-corrected chi connectivity index (χ1v) is 12.4. The number of ether oxygens (including phenoxy) is 1. The van der Waals surface area contributed by atoms with Gasteiger partial charge in [0.1, 0.15) is 19.8 Å². The van der Waals surface area contributed by atoms with Gasteiger partial charge in [0, 0.05) is 7.05 Å². The van der Waals surface area contributed by atoms with E-state index in [1.54, 1.807) is 0 Å². The molecule has 1 amide bonds. The first kappa shape index (κ1) is 26.3. The molecule has 184 valence electrons. The minimum Gasteiger partial charge on any atom is -0.459 e. The average Bonchev–Trinajstić information content (AvgIpc) is 2.90. The van der Waals surface area contributed by atoms with Crippen molar-refractivity contribution in [3.8, 4) is 0 Å². The maximum atomic E-state index is 13.2. The minimum absolute atomic E-state index is 0.0251. The van der Waals surface area contributed by atoms with Crippen molar-refractivity contribution in [2.45, 2.75) is 19.8 Å². The summed E-state index contributed by atoms with van der Waals surface area (Å²) in [4.78, 5) is 25.7. The fraction of sp³-hybridized carbons (Fsp3) is 0.231. The number of esters is 1. The normalized spacial score (nSPS) is 11.1. The Hall–Kier alpha value is -3.29. The molecule has 0 saturated heterocycles. The van der Waals surface area contributed by atoms with Gasteiger partial charge in [0.15, 0.2) is 0 Å². The Morgan fingerprint density at radius 3 is 1.57 bits per heavy atom. The van der Waals surface area contributed by atoms with Crippen LogP contribution >= 0.6 is 7.82 Å². The number of amides is 1. The second-order valence-corrected chi connectivity index (χ2v) is 9.30. The smallest absolute Gasteiger partial charge is 0.459 e. The number of carbonyl (C=O) groups excluding carboxylic acids is 2. The molecule has 0 unspecified atom stereocenters. The van der Waals surface area contributed by atoms with Crippen LogP contribution in [0.2, 0.25) is 0 Å². The molecule has 0 bridgehead atoms. The number of phosphoric acid groups is 1. The van der Waals surface area contributed by atoms with E-state index in [2.05, 4.69) is 0 Å². The van der Waals surface area contributed by atoms with Gasteiger partial charge < -0.3 is 9.64 Å². The summed E-state index contributed by atoms with van der Waals surface area (Å²) in [5.41, 5.74) is 2.37. The van der Waals surface area contributed by atoms with Gasteiger partial charge in [-0.3, -0.25) is 23.2 Å². The van der Waals surface area contributed by atoms with E-state index in [9.17, 15) is 14.2 Å². The van der Waals surface area contributed by atoms with Crippen LogP contribution in [0.25, 0.3) is 0 Å². The number of hydrogen-bond acceptors (Lipinski definition) is 7. The molecule has 0 atom stereocenters. The molecule has 0 N–H and O–H groups in total. The summed E-state index contributed by atoms with van der Waals surface area (Å²) in [6.45, 7) is -0.821. The molecule has 0 aliphatic carbocycles. The SMILES string of the molecule is CN(CC(=O)OCc1ccccc1)C(=O)COP(=O)(OCc1ccccc1)OCc1ccccc1. The molecule has 9 heteroatoms. The summed E-state index contributed by atoms with van der Waals surface area (Å²) in [5.74, 6) is -1.15. The monoisotopic (exact) mass is 497 g/mol. The second-order valence-electron chi connectivity index (χ2n) is 7.63. The number of likely N-dealkylation sites (N-methyl/N-ethyl adjacent to an activating group) is 1. The van der Waals surface area contributed by atoms with Gasteiger partial charge in [-0.1, -0.05) is 91.0 Å². The first-order chi connectivity index (χ1) is 16.9. The number of carbonyl (C=O) groups is 2. The number of benzene rings is 3. The molecule has 0 aromatic heterocycles. The van der Waals surface area contributed by atoms with E-state index < -0.39 is 26.3 Å². The summed E-state index contributed by atoms with van der Waals surface area (Å²) in [5, 5.41) is 0. The zero-order chi connectivity index (χ0) is 24.9. The molecule has 0 aliphatic rings. The van der Waals surface area contributed by atoms with E-state index in [-0.39, 0.29) is 26.4 Å². The molecular formula is C26H28NO7P. The Morgan fingerprint density at radius 1 is 0.686 bits per heavy atom. The predicted molar refractivity (Wildman–Crippen MR) is 130 cm³/mol. The molecule has 3 rings (SSSR count). The van der Waals surface area contributed by atoms with Crippen LogP contribution in [0.1, 0.15) is 16.7 Å². The Labute approximate surface area is 205 Å². The summed E-state index contributed by atoms with van der Waals surface area (Å²) >= 11 is 0. The van der Waals surface area contributed by atoms with Crippen LogP contribution in [0.3, 0.4) is 0 Å². The summed E-state index contributed by atoms with van der Waals surface area (Å²) < 4.78 is 34.7. The van der Waals surface area contributed by atoms with Crippen molar-refractivity contribution >= 4 is 19.7 Å². The van der Waals surface area contributed by atoms with Crippen LogP contribution in [0, 0.1) is 0 Å². The van der Waals surface area contributed by atoms with Crippen LogP contribution < -0.4 is 0 Å². The largest absolute Gasteiger partial charge is 0.475 e. The van der Waals surface area contributed by atoms with Gasteiger partial charge in [-0.15, -0.1) is 0 Å². The fourth-order valence-corrected chi connectivity index (χ4v) is 3.98. The topological polar surface area (TPSA) is 91.4 Å². The Bertz CT molecular complexity index is 1060. The Kier molecular flexibility index (Phi) is 10.2. The van der Waals surface area contributed by atoms with Gasteiger partial charge in [-0.05, 0) is 16.7 Å². The number of rotatable bonds is 13. The van der Waals surface area contributed by atoms with Crippen molar-refractivity contribution in [1.29, 1.82) is 0 Å². The third-order valence-electron chi connectivity index (χ3n) is 4.85. The fourth-order valence-electron chi connectivity index (χ4n) is 2.88. The lowest BCUT2D eigenvalue weighted by molar-refractivity contribution is -0.150. The quantitative estimate of drug-likeness (QED) is 0.249. The van der Waals surface area contributed by atoms with E-state index in [1.807, 2.05) is 91.0 Å². The number of phosphoric ester groups is 1. The number of nitrogens with zero attached hydrogens (tertiary/aromatic N) is 1. The zero-order valence-corrected chi connectivity index (χ0v) is 20.3. The molecule has 35 heavy (non-hydrogen) atoms. The highest BCUT2D eigenvalue weighted by molar-refractivity contribution is 7.48. The molecule has 0 fully saturated rings. The van der Waals surface area contributed by atoms with Gasteiger partial charge in [-0.2, -0.15) is 0 Å². The van der Waals surface area contributed by atoms with E-state index in [0.717, 1.165) is 21.6 Å². The molecule has 0 saturated carbocycles. The third-order valence-corrected chi connectivity index (χ3v) is 6.18. The van der Waals surface area contributed by atoms with Crippen molar-refractivity contribution in [1.82, 2.24) is 4.90 Å². The van der Waals surface area contributed by atoms with E-state index in [4.69, 9.17) is 18.3 Å². The molecule has 3 aromatic rings. The molecule has 0 aliphatic heterocycles. The molecule has 0 radical (unpaired) electrons. The average molecular weight is 497 g/mol. The van der Waals surface area contributed by atoms with Gasteiger partial charge in [0.05, 0.1) is 13.2 Å². The van der Waals surface area contributed by atoms with Crippen LogP contribution in [-0.4, -0.2) is 37.0 Å². The van der Waals surface area contributed by atoms with Crippen molar-refractivity contribution in [2.24, 2.45) is 0 Å². The highest BCUT2D eigenvalue weighted by atomic mass is 31.2. The maximum Gasteiger partial charge on any atom is 0.475 e. The van der Waals surface area contributed by atoms with Gasteiger partial charge in [0.2, 0.25) is 5.91 Å². The zero-order valence-electron chi connectivity index (χ0n) is 19.4. The molecule has 0 heterocycles.